The van der Waals surface area contributed by atoms with Crippen LogP contribution in [0.5, 0.6) is 0 Å². The molecule has 0 aromatic rings. The van der Waals surface area contributed by atoms with Gasteiger partial charge in [0, 0.05) is 6.42 Å². The molecular formula is C14H24O. The van der Waals surface area contributed by atoms with Crippen LogP contribution in [0.2, 0.25) is 0 Å². The zero-order chi connectivity index (χ0) is 11.3. The van der Waals surface area contributed by atoms with Crippen molar-refractivity contribution in [2.45, 2.75) is 65.4 Å². The van der Waals surface area contributed by atoms with Crippen LogP contribution < -0.4 is 0 Å². The Balaban J connectivity index is 2.28. The Morgan fingerprint density at radius 1 is 1.33 bits per heavy atom. The van der Waals surface area contributed by atoms with E-state index in [4.69, 9.17) is 0 Å². The van der Waals surface area contributed by atoms with Gasteiger partial charge in [-0.15, -0.1) is 11.8 Å². The van der Waals surface area contributed by atoms with Gasteiger partial charge in [0.1, 0.15) is 0 Å². The molecule has 1 aliphatic carbocycles. The Morgan fingerprint density at radius 3 is 2.47 bits per heavy atom. The van der Waals surface area contributed by atoms with Crippen molar-refractivity contribution in [3.63, 3.8) is 0 Å². The van der Waals surface area contributed by atoms with Crippen LogP contribution in [-0.4, -0.2) is 11.2 Å². The first kappa shape index (κ1) is 12.6. The molecular weight excluding hydrogens is 184 g/mol. The Kier molecular flexibility index (Phi) is 4.67. The number of aliphatic hydroxyl groups excluding tert-OH is 1. The number of hydrogen-bond acceptors (Lipinski definition) is 1. The second kappa shape index (κ2) is 5.56. The van der Waals surface area contributed by atoms with Gasteiger partial charge in [0.15, 0.2) is 0 Å². The Morgan fingerprint density at radius 2 is 1.93 bits per heavy atom. The number of rotatable bonds is 3. The van der Waals surface area contributed by atoms with Crippen LogP contribution in [0.15, 0.2) is 0 Å². The van der Waals surface area contributed by atoms with E-state index in [-0.39, 0.29) is 6.10 Å². The Bertz CT molecular complexity index is 234. The lowest BCUT2D eigenvalue weighted by atomic mass is 9.71. The smallest absolute Gasteiger partial charge is 0.0577 e. The van der Waals surface area contributed by atoms with Crippen LogP contribution in [-0.2, 0) is 0 Å². The average Bonchev–Trinajstić information content (AvgIpc) is 2.18. The highest BCUT2D eigenvalue weighted by Gasteiger charge is 2.30. The molecule has 0 radical (unpaired) electrons. The number of aliphatic hydroxyl groups is 1. The molecule has 1 rings (SSSR count). The normalized spacial score (nSPS) is 22.9. The Labute approximate surface area is 94.3 Å². The lowest BCUT2D eigenvalue weighted by Gasteiger charge is -2.36. The van der Waals surface area contributed by atoms with Crippen molar-refractivity contribution in [3.8, 4) is 11.8 Å². The minimum atomic E-state index is -0.123. The summed E-state index contributed by atoms with van der Waals surface area (Å²) in [5.74, 6) is 6.43. The Hall–Kier alpha value is -0.480. The van der Waals surface area contributed by atoms with Crippen LogP contribution >= 0.6 is 0 Å². The minimum Gasteiger partial charge on any atom is -0.393 e. The maximum Gasteiger partial charge on any atom is 0.0577 e. The van der Waals surface area contributed by atoms with Crippen molar-refractivity contribution in [3.05, 3.63) is 0 Å². The monoisotopic (exact) mass is 208 g/mol. The average molecular weight is 208 g/mol. The molecule has 1 N–H and O–H groups in total. The maximum atomic E-state index is 10.0. The third kappa shape index (κ3) is 4.26. The van der Waals surface area contributed by atoms with Crippen molar-refractivity contribution in [1.82, 2.24) is 0 Å². The van der Waals surface area contributed by atoms with E-state index in [0.717, 1.165) is 12.8 Å². The van der Waals surface area contributed by atoms with E-state index in [1.54, 1.807) is 0 Å². The van der Waals surface area contributed by atoms with E-state index in [2.05, 4.69) is 25.7 Å². The lowest BCUT2D eigenvalue weighted by molar-refractivity contribution is 0.0526. The largest absolute Gasteiger partial charge is 0.393 e. The summed E-state index contributed by atoms with van der Waals surface area (Å²) in [6, 6.07) is 0. The molecule has 0 spiro atoms. The quantitative estimate of drug-likeness (QED) is 0.705. The molecule has 86 valence electrons. The first-order chi connectivity index (χ1) is 7.05. The molecule has 1 heteroatoms. The van der Waals surface area contributed by atoms with E-state index >= 15 is 0 Å². The zero-order valence-electron chi connectivity index (χ0n) is 10.3. The van der Waals surface area contributed by atoms with Gasteiger partial charge >= 0.3 is 0 Å². The molecule has 1 saturated carbocycles. The molecule has 0 aliphatic heterocycles. The lowest BCUT2D eigenvalue weighted by Crippen LogP contribution is -2.28. The van der Waals surface area contributed by atoms with E-state index in [9.17, 15) is 5.11 Å². The molecule has 1 aliphatic rings. The van der Waals surface area contributed by atoms with E-state index in [1.807, 2.05) is 6.92 Å². The van der Waals surface area contributed by atoms with Gasteiger partial charge in [-0.25, -0.2) is 0 Å². The van der Waals surface area contributed by atoms with Gasteiger partial charge < -0.3 is 5.11 Å². The number of hydrogen-bond donors (Lipinski definition) is 1. The first-order valence-electron chi connectivity index (χ1n) is 6.13. The highest BCUT2D eigenvalue weighted by Crippen LogP contribution is 2.39. The molecule has 1 fully saturated rings. The summed E-state index contributed by atoms with van der Waals surface area (Å²) in [6.45, 7) is 6.52. The first-order valence-corrected chi connectivity index (χ1v) is 6.13. The summed E-state index contributed by atoms with van der Waals surface area (Å²) < 4.78 is 0. The van der Waals surface area contributed by atoms with Gasteiger partial charge in [-0.1, -0.05) is 13.8 Å². The fourth-order valence-corrected chi connectivity index (χ4v) is 2.39. The fraction of sp³-hybridized carbons (Fsp3) is 0.857. The van der Waals surface area contributed by atoms with Crippen molar-refractivity contribution in [2.75, 3.05) is 0 Å². The summed E-state index contributed by atoms with van der Waals surface area (Å²) in [6.07, 6.45) is 6.47. The summed E-state index contributed by atoms with van der Waals surface area (Å²) in [5.41, 5.74) is 0.499. The molecule has 0 aromatic heterocycles. The van der Waals surface area contributed by atoms with Crippen molar-refractivity contribution in [2.24, 2.45) is 11.3 Å². The van der Waals surface area contributed by atoms with Gasteiger partial charge in [-0.3, -0.25) is 0 Å². The van der Waals surface area contributed by atoms with Crippen molar-refractivity contribution in [1.29, 1.82) is 0 Å². The summed E-state index contributed by atoms with van der Waals surface area (Å²) in [4.78, 5) is 0. The third-order valence-corrected chi connectivity index (χ3v) is 3.67. The van der Waals surface area contributed by atoms with Crippen LogP contribution in [0.4, 0.5) is 0 Å². The second-order valence-electron chi connectivity index (χ2n) is 5.53. The predicted molar refractivity (Wildman–Crippen MR) is 64.4 cm³/mol. The van der Waals surface area contributed by atoms with Crippen LogP contribution in [0.1, 0.15) is 59.3 Å². The SMILES string of the molecule is CC#CCCC(O)C1CCC(C)(C)CC1. The molecule has 1 nitrogen and oxygen atoms in total. The van der Waals surface area contributed by atoms with Crippen LogP contribution in [0.3, 0.4) is 0 Å². The van der Waals surface area contributed by atoms with Crippen LogP contribution in [0, 0.1) is 23.2 Å². The molecule has 1 atom stereocenters. The molecule has 0 saturated heterocycles. The standard InChI is InChI=1S/C14H24O/c1-4-5-6-7-13(15)12-8-10-14(2,3)11-9-12/h12-13,15H,6-11H2,1-3H3. The van der Waals surface area contributed by atoms with Gasteiger partial charge in [0.05, 0.1) is 6.10 Å². The van der Waals surface area contributed by atoms with E-state index in [1.165, 1.54) is 25.7 Å². The molecule has 0 amide bonds. The van der Waals surface area contributed by atoms with E-state index < -0.39 is 0 Å². The zero-order valence-corrected chi connectivity index (χ0v) is 10.3. The molecule has 1 unspecified atom stereocenters. The van der Waals surface area contributed by atoms with Gasteiger partial charge in [-0.05, 0) is 50.4 Å². The van der Waals surface area contributed by atoms with E-state index in [0.29, 0.717) is 11.3 Å². The van der Waals surface area contributed by atoms with Gasteiger partial charge in [0.2, 0.25) is 0 Å². The maximum absolute atomic E-state index is 10.0. The van der Waals surface area contributed by atoms with Gasteiger partial charge in [-0.2, -0.15) is 0 Å². The van der Waals surface area contributed by atoms with Crippen molar-refractivity contribution >= 4 is 0 Å². The highest BCUT2D eigenvalue weighted by molar-refractivity contribution is 4.95. The highest BCUT2D eigenvalue weighted by atomic mass is 16.3. The molecule has 0 heterocycles. The second-order valence-corrected chi connectivity index (χ2v) is 5.53. The molecule has 0 aromatic carbocycles. The van der Waals surface area contributed by atoms with Crippen molar-refractivity contribution < 1.29 is 5.11 Å². The summed E-state index contributed by atoms with van der Waals surface area (Å²) in [7, 11) is 0. The summed E-state index contributed by atoms with van der Waals surface area (Å²) >= 11 is 0. The van der Waals surface area contributed by atoms with Crippen LogP contribution in [0.25, 0.3) is 0 Å². The predicted octanol–water partition coefficient (Wildman–Crippen LogP) is 3.37. The fourth-order valence-electron chi connectivity index (χ4n) is 2.39. The minimum absolute atomic E-state index is 0.123. The molecule has 15 heavy (non-hydrogen) atoms. The third-order valence-electron chi connectivity index (χ3n) is 3.67. The van der Waals surface area contributed by atoms with Gasteiger partial charge in [0.25, 0.3) is 0 Å². The molecule has 0 bridgehead atoms. The topological polar surface area (TPSA) is 20.2 Å². The summed E-state index contributed by atoms with van der Waals surface area (Å²) in [5, 5.41) is 10.0.